The molecule has 7 nitrogen and oxygen atoms in total. The first-order valence-electron chi connectivity index (χ1n) is 12.7. The van der Waals surface area contributed by atoms with Crippen molar-refractivity contribution in [2.75, 3.05) is 17.1 Å². The zero-order chi connectivity index (χ0) is 29.4. The first-order chi connectivity index (χ1) is 18.9. The van der Waals surface area contributed by atoms with Gasteiger partial charge in [0, 0.05) is 24.0 Å². The van der Waals surface area contributed by atoms with Crippen LogP contribution in [0.25, 0.3) is 0 Å². The zero-order valence-electron chi connectivity index (χ0n) is 22.5. The molecular formula is C29H32Cl2FN3O4S. The van der Waals surface area contributed by atoms with Gasteiger partial charge in [-0.25, -0.2) is 12.8 Å². The Morgan fingerprint density at radius 1 is 0.975 bits per heavy atom. The molecule has 0 unspecified atom stereocenters. The molecule has 0 bridgehead atoms. The molecule has 3 aromatic carbocycles. The van der Waals surface area contributed by atoms with Crippen molar-refractivity contribution in [2.45, 2.75) is 45.3 Å². The van der Waals surface area contributed by atoms with Gasteiger partial charge in [-0.05, 0) is 54.8 Å². The summed E-state index contributed by atoms with van der Waals surface area (Å²) in [4.78, 5) is 29.0. The Balaban J connectivity index is 2.08. The molecule has 0 aliphatic heterocycles. The van der Waals surface area contributed by atoms with Gasteiger partial charge in [0.25, 0.3) is 0 Å². The maximum atomic E-state index is 14.0. The first-order valence-corrected chi connectivity index (χ1v) is 15.3. The number of sulfonamides is 1. The number of hydrogen-bond acceptors (Lipinski definition) is 4. The third kappa shape index (κ3) is 8.68. The predicted octanol–water partition coefficient (Wildman–Crippen LogP) is 5.45. The lowest BCUT2D eigenvalue weighted by molar-refractivity contribution is -0.140. The molecule has 3 aromatic rings. The molecule has 0 saturated heterocycles. The Labute approximate surface area is 244 Å². The van der Waals surface area contributed by atoms with E-state index in [1.54, 1.807) is 0 Å². The molecule has 0 saturated carbocycles. The van der Waals surface area contributed by atoms with Crippen LogP contribution >= 0.6 is 23.2 Å². The van der Waals surface area contributed by atoms with Crippen molar-refractivity contribution in [1.82, 2.24) is 10.2 Å². The van der Waals surface area contributed by atoms with Gasteiger partial charge in [0.15, 0.2) is 0 Å². The standard InChI is InChI=1S/C29H32Cl2FN3O4S/c1-4-20(2)33-29(37)27(16-21-8-6-5-7-9-21)34(18-22-10-13-24(32)14-11-22)28(36)19-35(40(3,38)39)26-17-23(30)12-15-25(26)31/h5-15,17,20,27H,4,16,18-19H2,1-3H3,(H,33,37)/t20-,27+/m0/s1. The fourth-order valence-corrected chi connectivity index (χ4v) is 5.34. The third-order valence-electron chi connectivity index (χ3n) is 6.39. The molecule has 40 heavy (non-hydrogen) atoms. The van der Waals surface area contributed by atoms with Gasteiger partial charge < -0.3 is 10.2 Å². The average molecular weight is 609 g/mol. The molecule has 0 fully saturated rings. The van der Waals surface area contributed by atoms with Crippen LogP contribution in [0.2, 0.25) is 10.0 Å². The van der Waals surface area contributed by atoms with E-state index in [4.69, 9.17) is 23.2 Å². The van der Waals surface area contributed by atoms with E-state index >= 15 is 0 Å². The van der Waals surface area contributed by atoms with E-state index < -0.39 is 34.3 Å². The van der Waals surface area contributed by atoms with E-state index in [-0.39, 0.29) is 40.6 Å². The maximum Gasteiger partial charge on any atom is 0.244 e. The minimum absolute atomic E-state index is 0.0374. The normalized spacial score (nSPS) is 12.8. The van der Waals surface area contributed by atoms with Crippen molar-refractivity contribution in [3.63, 3.8) is 0 Å². The van der Waals surface area contributed by atoms with E-state index in [0.717, 1.165) is 16.1 Å². The molecule has 3 rings (SSSR count). The van der Waals surface area contributed by atoms with Gasteiger partial charge in [-0.3, -0.25) is 13.9 Å². The molecule has 0 aliphatic rings. The van der Waals surface area contributed by atoms with Crippen molar-refractivity contribution in [1.29, 1.82) is 0 Å². The van der Waals surface area contributed by atoms with E-state index in [0.29, 0.717) is 12.0 Å². The quantitative estimate of drug-likeness (QED) is 0.296. The van der Waals surface area contributed by atoms with E-state index in [2.05, 4.69) is 5.32 Å². The van der Waals surface area contributed by atoms with Gasteiger partial charge in [-0.2, -0.15) is 0 Å². The van der Waals surface area contributed by atoms with E-state index in [1.807, 2.05) is 44.2 Å². The van der Waals surface area contributed by atoms with Gasteiger partial charge >= 0.3 is 0 Å². The fraction of sp³-hybridized carbons (Fsp3) is 0.310. The van der Waals surface area contributed by atoms with E-state index in [9.17, 15) is 22.4 Å². The van der Waals surface area contributed by atoms with Crippen LogP contribution in [-0.2, 0) is 32.6 Å². The average Bonchev–Trinajstić information content (AvgIpc) is 2.91. The summed E-state index contributed by atoms with van der Waals surface area (Å²) in [5.41, 5.74) is 1.41. The van der Waals surface area contributed by atoms with Gasteiger partial charge in [-0.1, -0.05) is 72.6 Å². The number of anilines is 1. The van der Waals surface area contributed by atoms with Crippen molar-refractivity contribution >= 4 is 50.7 Å². The summed E-state index contributed by atoms with van der Waals surface area (Å²) in [5.74, 6) is -1.48. The monoisotopic (exact) mass is 607 g/mol. The summed E-state index contributed by atoms with van der Waals surface area (Å²) in [5, 5.41) is 3.27. The van der Waals surface area contributed by atoms with Gasteiger partial charge in [0.1, 0.15) is 18.4 Å². The van der Waals surface area contributed by atoms with Crippen LogP contribution in [0.15, 0.2) is 72.8 Å². The summed E-state index contributed by atoms with van der Waals surface area (Å²) < 4.78 is 40.2. The highest BCUT2D eigenvalue weighted by Gasteiger charge is 2.34. The Morgan fingerprint density at radius 2 is 1.62 bits per heavy atom. The number of carbonyl (C=O) groups is 2. The molecule has 0 aromatic heterocycles. The molecule has 2 atom stereocenters. The third-order valence-corrected chi connectivity index (χ3v) is 8.08. The van der Waals surface area contributed by atoms with Crippen molar-refractivity contribution < 1.29 is 22.4 Å². The minimum atomic E-state index is -4.00. The second kappa shape index (κ2) is 14.0. The largest absolute Gasteiger partial charge is 0.352 e. The fourth-order valence-electron chi connectivity index (χ4n) is 4.05. The minimum Gasteiger partial charge on any atom is -0.352 e. The molecule has 2 amide bonds. The summed E-state index contributed by atoms with van der Waals surface area (Å²) in [6.45, 7) is 3.08. The Kier molecular flexibility index (Phi) is 11.0. The lowest BCUT2D eigenvalue weighted by Gasteiger charge is -2.34. The molecule has 0 aliphatic carbocycles. The molecular weight excluding hydrogens is 576 g/mol. The lowest BCUT2D eigenvalue weighted by Crippen LogP contribution is -2.54. The van der Waals surface area contributed by atoms with Crippen LogP contribution < -0.4 is 9.62 Å². The van der Waals surface area contributed by atoms with Crippen LogP contribution in [0.3, 0.4) is 0 Å². The smallest absolute Gasteiger partial charge is 0.244 e. The van der Waals surface area contributed by atoms with Gasteiger partial charge in [0.05, 0.1) is 17.0 Å². The Bertz CT molecular complexity index is 1420. The number of nitrogens with one attached hydrogen (secondary N) is 1. The number of carbonyl (C=O) groups excluding carboxylic acids is 2. The van der Waals surface area contributed by atoms with E-state index in [1.165, 1.54) is 47.4 Å². The Morgan fingerprint density at radius 3 is 2.23 bits per heavy atom. The second-order valence-electron chi connectivity index (χ2n) is 9.54. The van der Waals surface area contributed by atoms with Crippen molar-refractivity contribution in [2.24, 2.45) is 0 Å². The summed E-state index contributed by atoms with van der Waals surface area (Å²) >= 11 is 12.4. The van der Waals surface area contributed by atoms with Crippen LogP contribution in [0.4, 0.5) is 10.1 Å². The number of nitrogens with zero attached hydrogens (tertiary/aromatic N) is 2. The molecule has 1 N–H and O–H groups in total. The van der Waals surface area contributed by atoms with Crippen molar-refractivity contribution in [3.05, 3.63) is 99.8 Å². The summed E-state index contributed by atoms with van der Waals surface area (Å²) in [6.07, 6.45) is 1.80. The molecule has 214 valence electrons. The molecule has 0 spiro atoms. The van der Waals surface area contributed by atoms with Crippen LogP contribution in [0.1, 0.15) is 31.4 Å². The number of benzene rings is 3. The highest BCUT2D eigenvalue weighted by molar-refractivity contribution is 7.92. The Hall–Kier alpha value is -3.14. The topological polar surface area (TPSA) is 86.8 Å². The highest BCUT2D eigenvalue weighted by atomic mass is 35.5. The second-order valence-corrected chi connectivity index (χ2v) is 12.3. The SMILES string of the molecule is CC[C@H](C)NC(=O)[C@@H](Cc1ccccc1)N(Cc1ccc(F)cc1)C(=O)CN(c1cc(Cl)ccc1Cl)S(C)(=O)=O. The molecule has 0 radical (unpaired) electrons. The van der Waals surface area contributed by atoms with Crippen molar-refractivity contribution in [3.8, 4) is 0 Å². The number of amides is 2. The molecule has 0 heterocycles. The maximum absolute atomic E-state index is 14.0. The summed E-state index contributed by atoms with van der Waals surface area (Å²) in [7, 11) is -4.00. The highest BCUT2D eigenvalue weighted by Crippen LogP contribution is 2.31. The predicted molar refractivity (Wildman–Crippen MR) is 157 cm³/mol. The van der Waals surface area contributed by atoms with Crippen LogP contribution in [0, 0.1) is 5.82 Å². The number of hydrogen-bond donors (Lipinski definition) is 1. The number of halogens is 3. The molecule has 11 heteroatoms. The van der Waals surface area contributed by atoms with Gasteiger partial charge in [-0.15, -0.1) is 0 Å². The van der Waals surface area contributed by atoms with Crippen LogP contribution in [-0.4, -0.2) is 50.0 Å². The zero-order valence-corrected chi connectivity index (χ0v) is 24.8. The van der Waals surface area contributed by atoms with Crippen LogP contribution in [0.5, 0.6) is 0 Å². The first kappa shape index (κ1) is 31.4. The van der Waals surface area contributed by atoms with Gasteiger partial charge in [0.2, 0.25) is 21.8 Å². The summed E-state index contributed by atoms with van der Waals surface area (Å²) in [6, 6.07) is 17.9. The number of rotatable bonds is 12. The lowest BCUT2D eigenvalue weighted by atomic mass is 10.0.